The molecule has 3 aromatic rings. The van der Waals surface area contributed by atoms with Crippen LogP contribution in [0.15, 0.2) is 30.6 Å². The van der Waals surface area contributed by atoms with Crippen molar-refractivity contribution < 1.29 is 13.6 Å². The summed E-state index contributed by atoms with van der Waals surface area (Å²) in [6, 6.07) is 3.11. The molecule has 9 heteroatoms. The Morgan fingerprint density at radius 1 is 1.18 bits per heavy atom. The third kappa shape index (κ3) is 5.02. The number of hydrogen-bond acceptors (Lipinski definition) is 5. The van der Waals surface area contributed by atoms with Gasteiger partial charge in [-0.1, -0.05) is 21.3 Å². The van der Waals surface area contributed by atoms with Crippen LogP contribution in [0.3, 0.4) is 0 Å². The zero-order chi connectivity index (χ0) is 23.0. The van der Waals surface area contributed by atoms with Gasteiger partial charge < -0.3 is 10.2 Å². The number of fused-ring (bicyclic) bond motifs is 1. The van der Waals surface area contributed by atoms with Crippen molar-refractivity contribution in [2.45, 2.75) is 53.6 Å². The fourth-order valence-electron chi connectivity index (χ4n) is 4.10. The summed E-state index contributed by atoms with van der Waals surface area (Å²) in [5, 5.41) is 7.21. The van der Waals surface area contributed by atoms with E-state index in [4.69, 9.17) is 4.98 Å². The lowest BCUT2D eigenvalue weighted by molar-refractivity contribution is -0.118. The Bertz CT molecular complexity index is 1160. The average Bonchev–Trinajstić information content (AvgIpc) is 3.17. The van der Waals surface area contributed by atoms with Gasteiger partial charge in [-0.05, 0) is 43.0 Å². The Labute approximate surface area is 192 Å². The van der Waals surface area contributed by atoms with Crippen LogP contribution in [0.4, 0.5) is 20.3 Å². The van der Waals surface area contributed by atoms with E-state index in [1.54, 1.807) is 10.9 Å². The minimum absolute atomic E-state index is 0. The first-order valence-electron chi connectivity index (χ1n) is 10.6. The number of nitrogens with zero attached hydrogens (tertiary/aromatic N) is 5. The molecule has 176 valence electrons. The summed E-state index contributed by atoms with van der Waals surface area (Å²) >= 11 is 0. The molecule has 4 rings (SSSR count). The first-order chi connectivity index (χ1) is 15.2. The number of carbonyl (C=O) groups excluding carboxylic acids is 1. The third-order valence-electron chi connectivity index (χ3n) is 5.68. The molecule has 1 aromatic carbocycles. The van der Waals surface area contributed by atoms with E-state index in [2.05, 4.69) is 15.4 Å². The summed E-state index contributed by atoms with van der Waals surface area (Å²) in [7, 11) is 1.88. The molecule has 1 aliphatic heterocycles. The van der Waals surface area contributed by atoms with Gasteiger partial charge in [-0.2, -0.15) is 5.10 Å². The van der Waals surface area contributed by atoms with Crippen molar-refractivity contribution in [2.24, 2.45) is 5.92 Å². The fraction of sp³-hybridized carbons (Fsp3) is 0.417. The zero-order valence-corrected chi connectivity index (χ0v) is 18.6. The maximum atomic E-state index is 13.9. The molecule has 1 N–H and O–H groups in total. The summed E-state index contributed by atoms with van der Waals surface area (Å²) in [4.78, 5) is 23.7. The predicted molar refractivity (Wildman–Crippen MR) is 124 cm³/mol. The largest absolute Gasteiger partial charge is 0.346 e. The van der Waals surface area contributed by atoms with Gasteiger partial charge in [0.2, 0.25) is 5.91 Å². The smallest absolute Gasteiger partial charge is 0.247 e. The van der Waals surface area contributed by atoms with E-state index < -0.39 is 11.6 Å². The van der Waals surface area contributed by atoms with Crippen LogP contribution in [0.1, 0.15) is 43.9 Å². The highest BCUT2D eigenvalue weighted by Gasteiger charge is 2.35. The highest BCUT2D eigenvalue weighted by molar-refractivity contribution is 6.03. The number of halogens is 2. The number of amides is 1. The van der Waals surface area contributed by atoms with Gasteiger partial charge in [0.05, 0.1) is 18.4 Å². The van der Waals surface area contributed by atoms with Gasteiger partial charge in [0.15, 0.2) is 5.82 Å². The van der Waals surface area contributed by atoms with Gasteiger partial charge in [-0.25, -0.2) is 18.7 Å². The lowest BCUT2D eigenvalue weighted by Crippen LogP contribution is -2.49. The summed E-state index contributed by atoms with van der Waals surface area (Å²) in [5.74, 6) is 0.558. The van der Waals surface area contributed by atoms with E-state index in [0.29, 0.717) is 24.4 Å². The van der Waals surface area contributed by atoms with Gasteiger partial charge in [-0.3, -0.25) is 9.48 Å². The highest BCUT2D eigenvalue weighted by Crippen LogP contribution is 2.33. The van der Waals surface area contributed by atoms with E-state index in [9.17, 15) is 13.6 Å². The molecule has 1 aliphatic rings. The van der Waals surface area contributed by atoms with Gasteiger partial charge in [-0.15, -0.1) is 0 Å². The Balaban J connectivity index is 0.00000306. The molecule has 2 aromatic heterocycles. The summed E-state index contributed by atoms with van der Waals surface area (Å²) < 4.78 is 28.9. The van der Waals surface area contributed by atoms with Crippen molar-refractivity contribution in [3.05, 3.63) is 64.9 Å². The first-order valence-corrected chi connectivity index (χ1v) is 10.6. The number of carbonyl (C=O) groups is 1. The Morgan fingerprint density at radius 2 is 1.94 bits per heavy atom. The van der Waals surface area contributed by atoms with Crippen LogP contribution in [0.25, 0.3) is 0 Å². The molecule has 3 heterocycles. The lowest BCUT2D eigenvalue weighted by Gasteiger charge is -2.36. The van der Waals surface area contributed by atoms with Crippen LogP contribution >= 0.6 is 0 Å². The number of rotatable bonds is 6. The Hall–Kier alpha value is -3.36. The van der Waals surface area contributed by atoms with Crippen molar-refractivity contribution in [1.82, 2.24) is 19.7 Å². The number of nitrogens with one attached hydrogen (secondary N) is 1. The molecule has 0 fully saturated rings. The Kier molecular flexibility index (Phi) is 7.09. The maximum absolute atomic E-state index is 13.9. The molecule has 0 radical (unpaired) electrons. The monoisotopic (exact) mass is 456 g/mol. The summed E-state index contributed by atoms with van der Waals surface area (Å²) in [5.41, 5.74) is 2.58. The minimum atomic E-state index is -0.477. The third-order valence-corrected chi connectivity index (χ3v) is 5.68. The van der Waals surface area contributed by atoms with E-state index >= 15 is 0 Å². The molecular weight excluding hydrogens is 426 g/mol. The standard InChI is InChI=1S/C23H26F2N6O.CH4/c1-13(2)21-23(32)29-20-14(3)27-19(28-22(20)30(21)4)8-5-15-10-26-31(11-15)12-16-9-17(24)6-7-18(16)25;/h6-7,9-11,13,21H,5,8,12H2,1-4H3,(H,29,32);1H4/t21-;/m0./s1. The molecule has 0 saturated heterocycles. The van der Waals surface area contributed by atoms with Crippen LogP contribution in [-0.2, 0) is 24.2 Å². The lowest BCUT2D eigenvalue weighted by atomic mass is 9.99. The number of aromatic nitrogens is 4. The van der Waals surface area contributed by atoms with Crippen LogP contribution < -0.4 is 10.2 Å². The molecule has 1 amide bonds. The molecule has 0 saturated carbocycles. The van der Waals surface area contributed by atoms with Gasteiger partial charge in [0, 0.05) is 25.2 Å². The minimum Gasteiger partial charge on any atom is -0.346 e. The normalized spacial score (nSPS) is 15.3. The van der Waals surface area contributed by atoms with Gasteiger partial charge in [0.1, 0.15) is 29.2 Å². The van der Waals surface area contributed by atoms with Crippen molar-refractivity contribution >= 4 is 17.4 Å². The molecule has 1 atom stereocenters. The topological polar surface area (TPSA) is 75.9 Å². The summed E-state index contributed by atoms with van der Waals surface area (Å²) in [6.45, 7) is 6.03. The van der Waals surface area contributed by atoms with E-state index in [1.165, 1.54) is 6.07 Å². The number of aryl methyl sites for hydroxylation is 3. The van der Waals surface area contributed by atoms with Crippen LogP contribution in [0, 0.1) is 24.5 Å². The maximum Gasteiger partial charge on any atom is 0.247 e. The fourth-order valence-corrected chi connectivity index (χ4v) is 4.10. The van der Waals surface area contributed by atoms with E-state index in [1.807, 2.05) is 38.9 Å². The van der Waals surface area contributed by atoms with Crippen LogP contribution in [0.5, 0.6) is 0 Å². The molecule has 7 nitrogen and oxygen atoms in total. The SMILES string of the molecule is C.Cc1nc(CCc2cnn(Cc3cc(F)ccc3F)c2)nc2c1NC(=O)[C@H](C(C)C)N2C. The second-order valence-corrected chi connectivity index (χ2v) is 8.49. The predicted octanol–water partition coefficient (Wildman–Crippen LogP) is 4.14. The van der Waals surface area contributed by atoms with Crippen molar-refractivity contribution in [3.8, 4) is 0 Å². The quantitative estimate of drug-likeness (QED) is 0.603. The first kappa shape index (κ1) is 24.3. The number of anilines is 2. The molecule has 0 aliphatic carbocycles. The highest BCUT2D eigenvalue weighted by atomic mass is 19.1. The summed E-state index contributed by atoms with van der Waals surface area (Å²) in [6.07, 6.45) is 4.76. The van der Waals surface area contributed by atoms with E-state index in [0.717, 1.165) is 29.2 Å². The van der Waals surface area contributed by atoms with Crippen molar-refractivity contribution in [2.75, 3.05) is 17.3 Å². The van der Waals surface area contributed by atoms with Crippen LogP contribution in [0.2, 0.25) is 0 Å². The molecule has 33 heavy (non-hydrogen) atoms. The number of hydrogen-bond donors (Lipinski definition) is 1. The molecule has 0 unspecified atom stereocenters. The number of likely N-dealkylation sites (N-methyl/N-ethyl adjacent to an activating group) is 1. The van der Waals surface area contributed by atoms with Crippen molar-refractivity contribution in [1.29, 1.82) is 0 Å². The molecular formula is C24H30F2N6O. The van der Waals surface area contributed by atoms with E-state index in [-0.39, 0.29) is 37.4 Å². The second-order valence-electron chi connectivity index (χ2n) is 8.49. The van der Waals surface area contributed by atoms with Crippen molar-refractivity contribution in [3.63, 3.8) is 0 Å². The van der Waals surface area contributed by atoms with Crippen LogP contribution in [-0.4, -0.2) is 38.7 Å². The molecule has 0 bridgehead atoms. The van der Waals surface area contributed by atoms with Gasteiger partial charge >= 0.3 is 0 Å². The molecule has 0 spiro atoms. The number of benzene rings is 1. The zero-order valence-electron chi connectivity index (χ0n) is 18.6. The second kappa shape index (κ2) is 9.64. The van der Waals surface area contributed by atoms with Gasteiger partial charge in [0.25, 0.3) is 0 Å². The Morgan fingerprint density at radius 3 is 2.67 bits per heavy atom. The average molecular weight is 457 g/mol.